The van der Waals surface area contributed by atoms with E-state index >= 15 is 0 Å². The molecule has 0 bridgehead atoms. The number of methoxy groups -OCH3 is 1. The van der Waals surface area contributed by atoms with Crippen LogP contribution in [0.15, 0.2) is 30.3 Å². The molecule has 0 aliphatic carbocycles. The maximum atomic E-state index is 12.8. The summed E-state index contributed by atoms with van der Waals surface area (Å²) in [7, 11) is 1.55. The minimum Gasteiger partial charge on any atom is -0.495 e. The van der Waals surface area contributed by atoms with Gasteiger partial charge in [0.15, 0.2) is 0 Å². The summed E-state index contributed by atoms with van der Waals surface area (Å²) < 4.78 is 10.7. The molecule has 3 heterocycles. The van der Waals surface area contributed by atoms with Crippen molar-refractivity contribution in [3.63, 3.8) is 0 Å². The number of halogens is 1. The van der Waals surface area contributed by atoms with Crippen molar-refractivity contribution < 1.29 is 19.4 Å². The number of nitrogens with zero attached hydrogens (tertiary/aromatic N) is 2. The summed E-state index contributed by atoms with van der Waals surface area (Å²) in [6, 6.07) is 9.21. The zero-order valence-corrected chi connectivity index (χ0v) is 20.6. The van der Waals surface area contributed by atoms with E-state index in [0.717, 1.165) is 48.6 Å². The van der Waals surface area contributed by atoms with Crippen molar-refractivity contribution >= 4 is 34.2 Å². The molecule has 10 heteroatoms. The van der Waals surface area contributed by atoms with Crippen LogP contribution in [0.2, 0.25) is 5.02 Å². The molecular formula is C25H30ClN5O4. The molecule has 2 unspecified atom stereocenters. The number of benzene rings is 2. The Morgan fingerprint density at radius 1 is 1.31 bits per heavy atom. The van der Waals surface area contributed by atoms with E-state index in [1.54, 1.807) is 25.3 Å². The molecular weight excluding hydrogens is 470 g/mol. The van der Waals surface area contributed by atoms with Gasteiger partial charge in [0.2, 0.25) is 5.91 Å². The van der Waals surface area contributed by atoms with Crippen molar-refractivity contribution in [2.45, 2.75) is 25.0 Å². The van der Waals surface area contributed by atoms with Crippen molar-refractivity contribution in [3.05, 3.63) is 52.3 Å². The third-order valence-corrected chi connectivity index (χ3v) is 7.06. The third kappa shape index (κ3) is 4.81. The SMILES string of the molecule is COc1ccc([C@H](O)CNC2CNC(=O)C2c2nc3c(C)cc(N4CCOCC4)cc3[nH]2)cc1Cl. The van der Waals surface area contributed by atoms with Crippen LogP contribution >= 0.6 is 11.6 Å². The summed E-state index contributed by atoms with van der Waals surface area (Å²) in [5, 5.41) is 17.4. The number of nitrogens with one attached hydrogen (secondary N) is 3. The largest absolute Gasteiger partial charge is 0.495 e. The van der Waals surface area contributed by atoms with Gasteiger partial charge in [0.1, 0.15) is 17.5 Å². The lowest BCUT2D eigenvalue weighted by atomic mass is 10.0. The molecule has 35 heavy (non-hydrogen) atoms. The van der Waals surface area contributed by atoms with Crippen molar-refractivity contribution in [1.29, 1.82) is 0 Å². The van der Waals surface area contributed by atoms with Gasteiger partial charge in [-0.15, -0.1) is 0 Å². The van der Waals surface area contributed by atoms with E-state index in [1.165, 1.54) is 0 Å². The molecule has 0 radical (unpaired) electrons. The quantitative estimate of drug-likeness (QED) is 0.394. The first-order valence-corrected chi connectivity index (χ1v) is 12.2. The van der Waals surface area contributed by atoms with Crippen LogP contribution in [-0.2, 0) is 9.53 Å². The Morgan fingerprint density at radius 2 is 2.11 bits per heavy atom. The van der Waals surface area contributed by atoms with Crippen LogP contribution in [0.4, 0.5) is 5.69 Å². The van der Waals surface area contributed by atoms with Gasteiger partial charge >= 0.3 is 0 Å². The van der Waals surface area contributed by atoms with Gasteiger partial charge in [-0.1, -0.05) is 17.7 Å². The summed E-state index contributed by atoms with van der Waals surface area (Å²) in [5.74, 6) is 0.602. The Morgan fingerprint density at radius 3 is 2.86 bits per heavy atom. The number of carbonyl (C=O) groups excluding carboxylic acids is 1. The van der Waals surface area contributed by atoms with Crippen LogP contribution in [0.5, 0.6) is 5.75 Å². The van der Waals surface area contributed by atoms with Gasteiger partial charge in [-0.25, -0.2) is 4.98 Å². The number of H-pyrrole nitrogens is 1. The van der Waals surface area contributed by atoms with Gasteiger partial charge in [0.05, 0.1) is 42.5 Å². The van der Waals surface area contributed by atoms with Crippen LogP contribution in [0, 0.1) is 6.92 Å². The van der Waals surface area contributed by atoms with E-state index in [9.17, 15) is 9.90 Å². The molecule has 0 saturated carbocycles. The summed E-state index contributed by atoms with van der Waals surface area (Å²) in [6.07, 6.45) is -0.788. The molecule has 3 atom stereocenters. The highest BCUT2D eigenvalue weighted by molar-refractivity contribution is 6.32. The molecule has 1 amide bonds. The maximum Gasteiger partial charge on any atom is 0.232 e. The number of hydrogen-bond donors (Lipinski definition) is 4. The first kappa shape index (κ1) is 23.9. The molecule has 1 aromatic heterocycles. The molecule has 4 N–H and O–H groups in total. The van der Waals surface area contributed by atoms with Crippen LogP contribution in [-0.4, -0.2) is 73.5 Å². The maximum absolute atomic E-state index is 12.8. The predicted molar refractivity (Wildman–Crippen MR) is 134 cm³/mol. The number of amides is 1. The average Bonchev–Trinajstić information content (AvgIpc) is 3.46. The summed E-state index contributed by atoms with van der Waals surface area (Å²) in [6.45, 7) is 5.89. The number of aryl methyl sites for hydroxylation is 1. The summed E-state index contributed by atoms with van der Waals surface area (Å²) in [5.41, 5.74) is 4.63. The number of rotatable bonds is 7. The number of aromatic nitrogens is 2. The predicted octanol–water partition coefficient (Wildman–Crippen LogP) is 2.28. The van der Waals surface area contributed by atoms with Crippen molar-refractivity contribution in [2.75, 3.05) is 51.4 Å². The number of imidazole rings is 1. The number of hydrogen-bond acceptors (Lipinski definition) is 7. The molecule has 2 aromatic carbocycles. The van der Waals surface area contributed by atoms with Crippen LogP contribution in [0.3, 0.4) is 0 Å². The summed E-state index contributed by atoms with van der Waals surface area (Å²) >= 11 is 6.20. The lowest BCUT2D eigenvalue weighted by Gasteiger charge is -2.29. The van der Waals surface area contributed by atoms with Gasteiger partial charge in [-0.05, 0) is 42.3 Å². The lowest BCUT2D eigenvalue weighted by Crippen LogP contribution is -2.38. The van der Waals surface area contributed by atoms with E-state index in [1.807, 2.05) is 6.92 Å². The molecule has 5 rings (SSSR count). The van der Waals surface area contributed by atoms with Crippen LogP contribution in [0.25, 0.3) is 11.0 Å². The number of fused-ring (bicyclic) bond motifs is 1. The molecule has 0 spiro atoms. The van der Waals surface area contributed by atoms with E-state index in [0.29, 0.717) is 28.7 Å². The fourth-order valence-corrected chi connectivity index (χ4v) is 5.10. The van der Waals surface area contributed by atoms with E-state index in [4.69, 9.17) is 26.1 Å². The number of carbonyl (C=O) groups is 1. The van der Waals surface area contributed by atoms with Crippen molar-refractivity contribution in [3.8, 4) is 5.75 Å². The number of aromatic amines is 1. The van der Waals surface area contributed by atoms with Gasteiger partial charge in [-0.3, -0.25) is 4.79 Å². The van der Waals surface area contributed by atoms with Crippen molar-refractivity contribution in [2.24, 2.45) is 0 Å². The van der Waals surface area contributed by atoms with Gasteiger partial charge in [0, 0.05) is 37.9 Å². The Hall–Kier alpha value is -2.85. The first-order chi connectivity index (χ1) is 16.9. The van der Waals surface area contributed by atoms with Crippen LogP contribution < -0.4 is 20.3 Å². The zero-order chi connectivity index (χ0) is 24.5. The Labute approximate surface area is 208 Å². The monoisotopic (exact) mass is 499 g/mol. The second-order valence-corrected chi connectivity index (χ2v) is 9.43. The van der Waals surface area contributed by atoms with Gasteiger partial charge in [-0.2, -0.15) is 0 Å². The minimum absolute atomic E-state index is 0.0883. The number of aliphatic hydroxyl groups is 1. The fourth-order valence-electron chi connectivity index (χ4n) is 4.84. The molecule has 186 valence electrons. The highest BCUT2D eigenvalue weighted by Crippen LogP contribution is 2.30. The fraction of sp³-hybridized carbons (Fsp3) is 0.440. The van der Waals surface area contributed by atoms with Crippen molar-refractivity contribution in [1.82, 2.24) is 20.6 Å². The second kappa shape index (κ2) is 10.0. The normalized spacial score (nSPS) is 21.4. The highest BCUT2D eigenvalue weighted by Gasteiger charge is 2.38. The highest BCUT2D eigenvalue weighted by atomic mass is 35.5. The molecule has 2 aliphatic rings. The standard InChI is InChI=1S/C25H30ClN5O4/c1-14-9-16(31-5-7-35-8-6-31)11-18-23(14)30-24(29-18)22-19(12-28-25(22)33)27-13-20(32)15-3-4-21(34-2)17(26)10-15/h3-4,9-11,19-20,22,27,32H,5-8,12-13H2,1-2H3,(H,28,33)(H,29,30)/t19?,20-,22?/m1/s1. The van der Waals surface area contributed by atoms with Gasteiger partial charge in [0.25, 0.3) is 0 Å². The molecule has 2 fully saturated rings. The molecule has 3 aromatic rings. The van der Waals surface area contributed by atoms with Crippen LogP contribution in [0.1, 0.15) is 29.0 Å². The van der Waals surface area contributed by atoms with E-state index in [2.05, 4.69) is 32.7 Å². The van der Waals surface area contributed by atoms with E-state index in [-0.39, 0.29) is 18.5 Å². The Kier molecular flexibility index (Phi) is 6.84. The second-order valence-electron chi connectivity index (χ2n) is 9.03. The number of aliphatic hydroxyl groups excluding tert-OH is 1. The zero-order valence-electron chi connectivity index (χ0n) is 19.8. The number of anilines is 1. The van der Waals surface area contributed by atoms with E-state index < -0.39 is 12.0 Å². The smallest absolute Gasteiger partial charge is 0.232 e. The molecule has 9 nitrogen and oxygen atoms in total. The molecule has 2 saturated heterocycles. The molecule has 2 aliphatic heterocycles. The first-order valence-electron chi connectivity index (χ1n) is 11.8. The number of morpholine rings is 1. The Bertz CT molecular complexity index is 1230. The lowest BCUT2D eigenvalue weighted by molar-refractivity contribution is -0.120. The Balaban J connectivity index is 1.33. The average molecular weight is 500 g/mol. The topological polar surface area (TPSA) is 112 Å². The van der Waals surface area contributed by atoms with Gasteiger partial charge < -0.3 is 35.1 Å². The minimum atomic E-state index is -0.788. The summed E-state index contributed by atoms with van der Waals surface area (Å²) in [4.78, 5) is 23.3. The number of ether oxygens (including phenoxy) is 2. The third-order valence-electron chi connectivity index (χ3n) is 6.77.